The Balaban J connectivity index is 1.53. The first-order valence-corrected chi connectivity index (χ1v) is 7.88. The number of amides is 2. The Hall–Kier alpha value is -3.55. The molecule has 0 spiro atoms. The van der Waals surface area contributed by atoms with E-state index in [9.17, 15) is 14.0 Å². The lowest BCUT2D eigenvalue weighted by atomic mass is 10.2. The second kappa shape index (κ2) is 8.02. The molecule has 1 aromatic carbocycles. The van der Waals surface area contributed by atoms with Crippen molar-refractivity contribution in [3.8, 4) is 5.82 Å². The molecule has 26 heavy (non-hydrogen) atoms. The highest BCUT2D eigenvalue weighted by Gasteiger charge is 2.10. The van der Waals surface area contributed by atoms with Crippen molar-refractivity contribution in [3.05, 3.63) is 78.0 Å². The van der Waals surface area contributed by atoms with E-state index in [1.165, 1.54) is 24.3 Å². The number of rotatable bonds is 6. The smallest absolute Gasteiger partial charge is 0.251 e. The summed E-state index contributed by atoms with van der Waals surface area (Å²) in [6.45, 7) is 0.0574. The van der Waals surface area contributed by atoms with E-state index in [0.29, 0.717) is 5.82 Å². The highest BCUT2D eigenvalue weighted by atomic mass is 19.1. The summed E-state index contributed by atoms with van der Waals surface area (Å²) in [5, 5.41) is 9.34. The molecule has 0 aliphatic rings. The number of carbonyl (C=O) groups is 2. The molecule has 0 bridgehead atoms. The van der Waals surface area contributed by atoms with Gasteiger partial charge in [-0.2, -0.15) is 5.10 Å². The van der Waals surface area contributed by atoms with E-state index < -0.39 is 11.7 Å². The van der Waals surface area contributed by atoms with Gasteiger partial charge in [0.25, 0.3) is 5.91 Å². The van der Waals surface area contributed by atoms with E-state index in [1.807, 2.05) is 6.07 Å². The van der Waals surface area contributed by atoms with Gasteiger partial charge in [-0.05, 0) is 36.4 Å². The van der Waals surface area contributed by atoms with Crippen LogP contribution in [0.15, 0.2) is 61.1 Å². The predicted molar refractivity (Wildman–Crippen MR) is 91.9 cm³/mol. The van der Waals surface area contributed by atoms with Gasteiger partial charge in [0.2, 0.25) is 5.91 Å². The molecular formula is C18H16FN5O2. The van der Waals surface area contributed by atoms with Gasteiger partial charge in [0, 0.05) is 36.3 Å². The van der Waals surface area contributed by atoms with Crippen molar-refractivity contribution >= 4 is 11.8 Å². The van der Waals surface area contributed by atoms with E-state index in [2.05, 4.69) is 20.7 Å². The molecule has 0 aliphatic carbocycles. The van der Waals surface area contributed by atoms with Crippen LogP contribution in [0.3, 0.4) is 0 Å². The summed E-state index contributed by atoms with van der Waals surface area (Å²) in [4.78, 5) is 28.2. The summed E-state index contributed by atoms with van der Waals surface area (Å²) in [6, 6.07) is 10.5. The molecule has 132 valence electrons. The SMILES string of the molecule is O=C(CNC(=O)c1ccc(F)cc1)NCc1cccnc1-n1cccn1. The second-order valence-electron chi connectivity index (χ2n) is 5.40. The number of aromatic nitrogens is 3. The fraction of sp³-hybridized carbons (Fsp3) is 0.111. The molecule has 0 radical (unpaired) electrons. The maximum Gasteiger partial charge on any atom is 0.251 e. The van der Waals surface area contributed by atoms with E-state index in [1.54, 1.807) is 35.4 Å². The van der Waals surface area contributed by atoms with Gasteiger partial charge in [-0.25, -0.2) is 14.1 Å². The van der Waals surface area contributed by atoms with Gasteiger partial charge in [-0.1, -0.05) is 6.07 Å². The Bertz CT molecular complexity index is 894. The normalized spacial score (nSPS) is 10.3. The van der Waals surface area contributed by atoms with Crippen LogP contribution in [0, 0.1) is 5.82 Å². The average Bonchev–Trinajstić information content (AvgIpc) is 3.20. The van der Waals surface area contributed by atoms with Gasteiger partial charge >= 0.3 is 0 Å². The standard InChI is InChI=1S/C18H16FN5O2/c19-15-6-4-13(5-7-15)18(26)22-12-16(25)21-11-14-3-1-8-20-17(14)24-10-2-9-23-24/h1-10H,11-12H2,(H,21,25)(H,22,26). The van der Waals surface area contributed by atoms with Crippen molar-refractivity contribution in [2.24, 2.45) is 0 Å². The molecule has 0 unspecified atom stereocenters. The van der Waals surface area contributed by atoms with Crippen LogP contribution in [0.2, 0.25) is 0 Å². The van der Waals surface area contributed by atoms with Crippen molar-refractivity contribution in [1.29, 1.82) is 0 Å². The van der Waals surface area contributed by atoms with E-state index in [4.69, 9.17) is 0 Å². The average molecular weight is 353 g/mol. The second-order valence-corrected chi connectivity index (χ2v) is 5.40. The van der Waals surface area contributed by atoms with Crippen LogP contribution in [-0.4, -0.2) is 33.1 Å². The molecule has 0 saturated heterocycles. The first kappa shape index (κ1) is 17.3. The molecule has 2 N–H and O–H groups in total. The molecular weight excluding hydrogens is 337 g/mol. The van der Waals surface area contributed by atoms with E-state index >= 15 is 0 Å². The molecule has 0 atom stereocenters. The topological polar surface area (TPSA) is 88.9 Å². The quantitative estimate of drug-likeness (QED) is 0.702. The summed E-state index contributed by atoms with van der Waals surface area (Å²) in [5.74, 6) is -0.605. The number of nitrogens with zero attached hydrogens (tertiary/aromatic N) is 3. The Labute approximate surface area is 148 Å². The van der Waals surface area contributed by atoms with Crippen LogP contribution < -0.4 is 10.6 Å². The highest BCUT2D eigenvalue weighted by molar-refractivity contribution is 5.96. The third-order valence-electron chi connectivity index (χ3n) is 3.58. The van der Waals surface area contributed by atoms with Crippen LogP contribution in [0.25, 0.3) is 5.82 Å². The van der Waals surface area contributed by atoms with Crippen molar-refractivity contribution < 1.29 is 14.0 Å². The van der Waals surface area contributed by atoms with E-state index in [0.717, 1.165) is 5.56 Å². The third kappa shape index (κ3) is 4.29. The summed E-state index contributed by atoms with van der Waals surface area (Å²) >= 11 is 0. The third-order valence-corrected chi connectivity index (χ3v) is 3.58. The molecule has 7 nitrogen and oxygen atoms in total. The van der Waals surface area contributed by atoms with Crippen LogP contribution >= 0.6 is 0 Å². The number of carbonyl (C=O) groups excluding carboxylic acids is 2. The van der Waals surface area contributed by atoms with Crippen molar-refractivity contribution in [2.45, 2.75) is 6.54 Å². The lowest BCUT2D eigenvalue weighted by Gasteiger charge is -2.10. The fourth-order valence-corrected chi connectivity index (χ4v) is 2.29. The zero-order valence-corrected chi connectivity index (χ0v) is 13.7. The molecule has 2 heterocycles. The fourth-order valence-electron chi connectivity index (χ4n) is 2.29. The van der Waals surface area contributed by atoms with Crippen LogP contribution in [0.1, 0.15) is 15.9 Å². The molecule has 3 rings (SSSR count). The van der Waals surface area contributed by atoms with E-state index in [-0.39, 0.29) is 24.6 Å². The lowest BCUT2D eigenvalue weighted by Crippen LogP contribution is -2.36. The van der Waals surface area contributed by atoms with Gasteiger partial charge < -0.3 is 10.6 Å². The largest absolute Gasteiger partial charge is 0.350 e. The molecule has 0 aliphatic heterocycles. The Kier molecular flexibility index (Phi) is 5.33. The molecule has 3 aromatic rings. The molecule has 2 amide bonds. The highest BCUT2D eigenvalue weighted by Crippen LogP contribution is 2.09. The minimum Gasteiger partial charge on any atom is -0.350 e. The summed E-state index contributed by atoms with van der Waals surface area (Å²) in [5.41, 5.74) is 1.07. The molecule has 2 aromatic heterocycles. The molecule has 8 heteroatoms. The monoisotopic (exact) mass is 353 g/mol. The first-order valence-electron chi connectivity index (χ1n) is 7.88. The zero-order chi connectivity index (χ0) is 18.4. The van der Waals surface area contributed by atoms with Gasteiger partial charge in [0.1, 0.15) is 5.82 Å². The number of nitrogens with one attached hydrogen (secondary N) is 2. The van der Waals surface area contributed by atoms with Crippen molar-refractivity contribution in [3.63, 3.8) is 0 Å². The van der Waals surface area contributed by atoms with Crippen LogP contribution in [0.4, 0.5) is 4.39 Å². The lowest BCUT2D eigenvalue weighted by molar-refractivity contribution is -0.120. The van der Waals surface area contributed by atoms with Gasteiger partial charge in [-0.3, -0.25) is 9.59 Å². The van der Waals surface area contributed by atoms with Gasteiger partial charge in [0.05, 0.1) is 6.54 Å². The number of benzene rings is 1. The number of hydrogen-bond donors (Lipinski definition) is 2. The minimum atomic E-state index is -0.446. The first-order chi connectivity index (χ1) is 12.6. The number of hydrogen-bond acceptors (Lipinski definition) is 4. The van der Waals surface area contributed by atoms with Crippen molar-refractivity contribution in [1.82, 2.24) is 25.4 Å². The van der Waals surface area contributed by atoms with Crippen LogP contribution in [0.5, 0.6) is 0 Å². The van der Waals surface area contributed by atoms with Crippen LogP contribution in [-0.2, 0) is 11.3 Å². The summed E-state index contributed by atoms with van der Waals surface area (Å²) < 4.78 is 14.5. The Morgan fingerprint density at radius 3 is 2.58 bits per heavy atom. The Morgan fingerprint density at radius 1 is 1.04 bits per heavy atom. The zero-order valence-electron chi connectivity index (χ0n) is 13.7. The molecule has 0 saturated carbocycles. The van der Waals surface area contributed by atoms with Gasteiger partial charge in [0.15, 0.2) is 5.82 Å². The number of halogens is 1. The summed E-state index contributed by atoms with van der Waals surface area (Å²) in [6.07, 6.45) is 5.05. The number of pyridine rings is 1. The Morgan fingerprint density at radius 2 is 1.85 bits per heavy atom. The minimum absolute atomic E-state index is 0.187. The predicted octanol–water partition coefficient (Wildman–Crippen LogP) is 1.45. The van der Waals surface area contributed by atoms with Crippen molar-refractivity contribution in [2.75, 3.05) is 6.54 Å². The summed E-state index contributed by atoms with van der Waals surface area (Å²) in [7, 11) is 0. The molecule has 0 fully saturated rings. The maximum absolute atomic E-state index is 12.9. The maximum atomic E-state index is 12.9. The van der Waals surface area contributed by atoms with Gasteiger partial charge in [-0.15, -0.1) is 0 Å².